The van der Waals surface area contributed by atoms with E-state index in [9.17, 15) is 14.7 Å². The first kappa shape index (κ1) is 23.1. The zero-order chi connectivity index (χ0) is 25.8. The highest BCUT2D eigenvalue weighted by molar-refractivity contribution is 5.96. The second-order valence-electron chi connectivity index (χ2n) is 9.99. The molecule has 0 saturated carbocycles. The SMILES string of the molecule is Cc1cccc2ncc(-c3cn4nc(C(=O)N[C@H]5c6ccccc6C[C@H]5O)c(C(C)C)c4c(=O)[nH]3)cc12. The first-order valence-corrected chi connectivity index (χ1v) is 12.4. The van der Waals surface area contributed by atoms with E-state index >= 15 is 0 Å². The number of aliphatic hydroxyl groups is 1. The summed E-state index contributed by atoms with van der Waals surface area (Å²) in [6.07, 6.45) is 3.20. The normalized spacial score (nSPS) is 17.0. The van der Waals surface area contributed by atoms with Crippen LogP contribution in [-0.4, -0.2) is 36.7 Å². The van der Waals surface area contributed by atoms with E-state index in [0.717, 1.165) is 33.2 Å². The van der Waals surface area contributed by atoms with Gasteiger partial charge in [-0.15, -0.1) is 0 Å². The number of hydrogen-bond acceptors (Lipinski definition) is 5. The molecule has 0 bridgehead atoms. The molecule has 1 amide bonds. The van der Waals surface area contributed by atoms with Gasteiger partial charge in [-0.2, -0.15) is 5.10 Å². The van der Waals surface area contributed by atoms with E-state index in [-0.39, 0.29) is 17.2 Å². The number of aryl methyl sites for hydroxylation is 1. The Hall–Kier alpha value is -4.30. The van der Waals surface area contributed by atoms with Crippen molar-refractivity contribution in [1.29, 1.82) is 0 Å². The third kappa shape index (κ3) is 3.81. The summed E-state index contributed by atoms with van der Waals surface area (Å²) in [5.74, 6) is -0.548. The average molecular weight is 494 g/mol. The van der Waals surface area contributed by atoms with Crippen LogP contribution in [0.5, 0.6) is 0 Å². The molecule has 5 aromatic rings. The smallest absolute Gasteiger partial charge is 0.274 e. The number of nitrogens with zero attached hydrogens (tertiary/aromatic N) is 3. The highest BCUT2D eigenvalue weighted by Gasteiger charge is 2.34. The number of carbonyl (C=O) groups is 1. The summed E-state index contributed by atoms with van der Waals surface area (Å²) in [6.45, 7) is 5.88. The van der Waals surface area contributed by atoms with Gasteiger partial charge in [0.05, 0.1) is 29.6 Å². The van der Waals surface area contributed by atoms with E-state index in [0.29, 0.717) is 23.2 Å². The van der Waals surface area contributed by atoms with Gasteiger partial charge in [-0.1, -0.05) is 50.2 Å². The summed E-state index contributed by atoms with van der Waals surface area (Å²) >= 11 is 0. The Bertz CT molecular complexity index is 1750. The zero-order valence-corrected chi connectivity index (χ0v) is 20.8. The topological polar surface area (TPSA) is 112 Å². The lowest BCUT2D eigenvalue weighted by Gasteiger charge is -2.18. The predicted molar refractivity (Wildman–Crippen MR) is 142 cm³/mol. The summed E-state index contributed by atoms with van der Waals surface area (Å²) in [4.78, 5) is 34.3. The van der Waals surface area contributed by atoms with Crippen molar-refractivity contribution in [3.05, 3.63) is 99.2 Å². The lowest BCUT2D eigenvalue weighted by atomic mass is 10.0. The van der Waals surface area contributed by atoms with Crippen LogP contribution in [0.1, 0.15) is 58.5 Å². The van der Waals surface area contributed by atoms with Gasteiger partial charge in [0.2, 0.25) is 0 Å². The summed E-state index contributed by atoms with van der Waals surface area (Å²) in [5.41, 5.74) is 5.94. The third-order valence-corrected chi connectivity index (χ3v) is 7.20. The minimum Gasteiger partial charge on any atom is -0.390 e. The molecule has 3 heterocycles. The minimum atomic E-state index is -0.722. The maximum atomic E-state index is 13.5. The van der Waals surface area contributed by atoms with Crippen LogP contribution in [0.3, 0.4) is 0 Å². The molecule has 3 aromatic heterocycles. The Morgan fingerprint density at radius 1 is 1.19 bits per heavy atom. The Labute approximate surface area is 213 Å². The van der Waals surface area contributed by atoms with Crippen LogP contribution >= 0.6 is 0 Å². The number of benzene rings is 2. The molecule has 3 N–H and O–H groups in total. The molecule has 1 aliphatic rings. The number of H-pyrrole nitrogens is 1. The van der Waals surface area contributed by atoms with Crippen molar-refractivity contribution in [3.8, 4) is 11.3 Å². The van der Waals surface area contributed by atoms with Crippen LogP contribution in [0.25, 0.3) is 27.7 Å². The first-order chi connectivity index (χ1) is 17.8. The number of pyridine rings is 1. The summed E-state index contributed by atoms with van der Waals surface area (Å²) in [5, 5.41) is 19.2. The fourth-order valence-corrected chi connectivity index (χ4v) is 5.37. The summed E-state index contributed by atoms with van der Waals surface area (Å²) < 4.78 is 1.49. The second-order valence-corrected chi connectivity index (χ2v) is 9.99. The molecule has 8 nitrogen and oxygen atoms in total. The largest absolute Gasteiger partial charge is 0.390 e. The van der Waals surface area contributed by atoms with Gasteiger partial charge in [-0.25, -0.2) is 4.52 Å². The Kier molecular flexibility index (Phi) is 5.42. The molecule has 0 unspecified atom stereocenters. The molecule has 2 atom stereocenters. The molecule has 1 aliphatic carbocycles. The van der Waals surface area contributed by atoms with E-state index in [1.807, 2.05) is 69.3 Å². The third-order valence-electron chi connectivity index (χ3n) is 7.20. The number of fused-ring (bicyclic) bond motifs is 3. The Morgan fingerprint density at radius 2 is 2.00 bits per heavy atom. The van der Waals surface area contributed by atoms with E-state index in [2.05, 4.69) is 20.4 Å². The molecule has 0 aliphatic heterocycles. The van der Waals surface area contributed by atoms with Crippen molar-refractivity contribution < 1.29 is 9.90 Å². The van der Waals surface area contributed by atoms with Gasteiger partial charge in [-0.05, 0) is 41.7 Å². The molecule has 37 heavy (non-hydrogen) atoms. The number of amides is 1. The van der Waals surface area contributed by atoms with Crippen molar-refractivity contribution in [1.82, 2.24) is 24.9 Å². The monoisotopic (exact) mass is 493 g/mol. The van der Waals surface area contributed by atoms with Gasteiger partial charge in [0.25, 0.3) is 11.5 Å². The van der Waals surface area contributed by atoms with Crippen molar-refractivity contribution in [2.45, 2.75) is 45.3 Å². The number of carbonyl (C=O) groups excluding carboxylic acids is 1. The first-order valence-electron chi connectivity index (χ1n) is 12.4. The van der Waals surface area contributed by atoms with Crippen LogP contribution in [0.2, 0.25) is 0 Å². The van der Waals surface area contributed by atoms with Crippen LogP contribution in [0.4, 0.5) is 0 Å². The fraction of sp³-hybridized carbons (Fsp3) is 0.241. The molecule has 0 radical (unpaired) electrons. The van der Waals surface area contributed by atoms with Crippen molar-refractivity contribution >= 4 is 22.3 Å². The molecule has 8 heteroatoms. The van der Waals surface area contributed by atoms with E-state index in [1.54, 1.807) is 12.4 Å². The van der Waals surface area contributed by atoms with E-state index in [1.165, 1.54) is 4.52 Å². The van der Waals surface area contributed by atoms with E-state index < -0.39 is 18.1 Å². The quantitative estimate of drug-likeness (QED) is 0.350. The number of rotatable bonds is 4. The number of aliphatic hydroxyl groups excluding tert-OH is 1. The standard InChI is InChI=1S/C29H27N5O3/c1-15(2)24-26(28(36)32-25-19-9-5-4-8-17(19)12-23(25)35)33-34-14-22(31-29(37)27(24)34)18-11-20-16(3)7-6-10-21(20)30-13-18/h4-11,13-15,23,25,35H,12H2,1-3H3,(H,31,37)(H,32,36)/t23-,25+/m1/s1. The average Bonchev–Trinajstić information content (AvgIpc) is 3.42. The zero-order valence-electron chi connectivity index (χ0n) is 20.8. The van der Waals surface area contributed by atoms with Crippen molar-refractivity contribution in [2.75, 3.05) is 0 Å². The maximum Gasteiger partial charge on any atom is 0.274 e. The van der Waals surface area contributed by atoms with E-state index in [4.69, 9.17) is 0 Å². The molecule has 2 aromatic carbocycles. The fourth-order valence-electron chi connectivity index (χ4n) is 5.37. The number of aromatic nitrogens is 4. The molecule has 0 spiro atoms. The summed E-state index contributed by atoms with van der Waals surface area (Å²) in [7, 11) is 0. The molecular formula is C29H27N5O3. The Morgan fingerprint density at radius 3 is 2.81 bits per heavy atom. The minimum absolute atomic E-state index is 0.129. The Balaban J connectivity index is 1.43. The molecule has 6 rings (SSSR count). The number of hydrogen-bond donors (Lipinski definition) is 3. The molecular weight excluding hydrogens is 466 g/mol. The van der Waals surface area contributed by atoms with Gasteiger partial charge < -0.3 is 15.4 Å². The second kappa shape index (κ2) is 8.67. The van der Waals surface area contributed by atoms with Gasteiger partial charge in [0.15, 0.2) is 5.69 Å². The molecule has 186 valence electrons. The lowest BCUT2D eigenvalue weighted by molar-refractivity contribution is 0.0852. The van der Waals surface area contributed by atoms with Gasteiger partial charge in [-0.3, -0.25) is 14.6 Å². The van der Waals surface area contributed by atoms with Crippen LogP contribution < -0.4 is 10.9 Å². The van der Waals surface area contributed by atoms with Crippen molar-refractivity contribution in [3.63, 3.8) is 0 Å². The summed E-state index contributed by atoms with van der Waals surface area (Å²) in [6, 6.07) is 15.1. The highest BCUT2D eigenvalue weighted by atomic mass is 16.3. The van der Waals surface area contributed by atoms with Crippen LogP contribution in [0.15, 0.2) is 65.7 Å². The van der Waals surface area contributed by atoms with Gasteiger partial charge >= 0.3 is 0 Å². The van der Waals surface area contributed by atoms with Gasteiger partial charge in [0, 0.05) is 29.1 Å². The maximum absolute atomic E-state index is 13.5. The predicted octanol–water partition coefficient (Wildman–Crippen LogP) is 4.06. The van der Waals surface area contributed by atoms with Crippen molar-refractivity contribution in [2.24, 2.45) is 0 Å². The lowest BCUT2D eigenvalue weighted by Crippen LogP contribution is -2.34. The number of aromatic amines is 1. The molecule has 0 saturated heterocycles. The van der Waals surface area contributed by atoms with Gasteiger partial charge in [0.1, 0.15) is 5.52 Å². The number of nitrogens with one attached hydrogen (secondary N) is 2. The van der Waals surface area contributed by atoms with Crippen LogP contribution in [-0.2, 0) is 6.42 Å². The highest BCUT2D eigenvalue weighted by Crippen LogP contribution is 2.32. The van der Waals surface area contributed by atoms with Crippen LogP contribution in [0, 0.1) is 6.92 Å². The molecule has 0 fully saturated rings.